The van der Waals surface area contributed by atoms with Crippen LogP contribution in [0.25, 0.3) is 0 Å². The van der Waals surface area contributed by atoms with Crippen LogP contribution in [-0.2, 0) is 0 Å². The molecule has 0 spiro atoms. The molecular formula is C16H17ClO2. The minimum Gasteiger partial charge on any atom is -0.457 e. The Balaban J connectivity index is 2.21. The standard InChI is InChI=1S/C16H17ClO2/c1-2-6-16(18)14-11-13(9-10-15(14)17)19-12-7-4-3-5-8-12/h3-5,7-11,16,18H,2,6H2,1H3. The fourth-order valence-electron chi connectivity index (χ4n) is 1.89. The fraction of sp³-hybridized carbons (Fsp3) is 0.250. The van der Waals surface area contributed by atoms with Crippen molar-refractivity contribution in [3.05, 3.63) is 59.1 Å². The van der Waals surface area contributed by atoms with Gasteiger partial charge in [-0.05, 0) is 36.8 Å². The molecule has 2 rings (SSSR count). The van der Waals surface area contributed by atoms with Crippen molar-refractivity contribution in [1.29, 1.82) is 0 Å². The van der Waals surface area contributed by atoms with Crippen LogP contribution < -0.4 is 4.74 Å². The second kappa shape index (κ2) is 6.60. The van der Waals surface area contributed by atoms with Crippen molar-refractivity contribution >= 4 is 11.6 Å². The van der Waals surface area contributed by atoms with Gasteiger partial charge >= 0.3 is 0 Å². The number of para-hydroxylation sites is 1. The number of benzene rings is 2. The SMILES string of the molecule is CCCC(O)c1cc(Oc2ccccc2)ccc1Cl. The summed E-state index contributed by atoms with van der Waals surface area (Å²) in [7, 11) is 0. The van der Waals surface area contributed by atoms with Gasteiger partial charge in [0.25, 0.3) is 0 Å². The summed E-state index contributed by atoms with van der Waals surface area (Å²) in [5.41, 5.74) is 0.719. The summed E-state index contributed by atoms with van der Waals surface area (Å²) in [5, 5.41) is 10.6. The van der Waals surface area contributed by atoms with Crippen molar-refractivity contribution in [1.82, 2.24) is 0 Å². The predicted molar refractivity (Wildman–Crippen MR) is 77.8 cm³/mol. The van der Waals surface area contributed by atoms with Gasteiger partial charge in [-0.25, -0.2) is 0 Å². The molecule has 100 valence electrons. The summed E-state index contributed by atoms with van der Waals surface area (Å²) in [6.07, 6.45) is 1.05. The minimum atomic E-state index is -0.545. The summed E-state index contributed by atoms with van der Waals surface area (Å²) in [6.45, 7) is 2.03. The van der Waals surface area contributed by atoms with Crippen molar-refractivity contribution in [2.45, 2.75) is 25.9 Å². The van der Waals surface area contributed by atoms with Crippen LogP contribution in [0, 0.1) is 0 Å². The molecule has 2 aromatic rings. The number of hydrogen-bond acceptors (Lipinski definition) is 2. The Bertz CT molecular complexity index is 526. The quantitative estimate of drug-likeness (QED) is 0.836. The summed E-state index contributed by atoms with van der Waals surface area (Å²) in [5.74, 6) is 1.45. The van der Waals surface area contributed by atoms with Crippen LogP contribution in [-0.4, -0.2) is 5.11 Å². The van der Waals surface area contributed by atoms with E-state index in [4.69, 9.17) is 16.3 Å². The fourth-order valence-corrected chi connectivity index (χ4v) is 2.14. The van der Waals surface area contributed by atoms with Crippen molar-refractivity contribution in [2.75, 3.05) is 0 Å². The second-order valence-corrected chi connectivity index (χ2v) is 4.81. The van der Waals surface area contributed by atoms with Gasteiger partial charge in [0.15, 0.2) is 0 Å². The topological polar surface area (TPSA) is 29.5 Å². The molecule has 0 radical (unpaired) electrons. The van der Waals surface area contributed by atoms with Crippen LogP contribution in [0.3, 0.4) is 0 Å². The molecule has 3 heteroatoms. The van der Waals surface area contributed by atoms with E-state index < -0.39 is 6.10 Å². The zero-order valence-corrected chi connectivity index (χ0v) is 11.6. The first-order chi connectivity index (χ1) is 9.20. The molecule has 1 N–H and O–H groups in total. The summed E-state index contributed by atoms with van der Waals surface area (Å²) < 4.78 is 5.73. The smallest absolute Gasteiger partial charge is 0.127 e. The Morgan fingerprint density at radius 2 is 1.84 bits per heavy atom. The zero-order valence-electron chi connectivity index (χ0n) is 10.8. The van der Waals surface area contributed by atoms with Crippen molar-refractivity contribution < 1.29 is 9.84 Å². The lowest BCUT2D eigenvalue weighted by atomic mass is 10.1. The molecule has 0 aromatic heterocycles. The third kappa shape index (κ3) is 3.72. The molecule has 0 aliphatic heterocycles. The Morgan fingerprint density at radius 3 is 2.53 bits per heavy atom. The predicted octanol–water partition coefficient (Wildman–Crippen LogP) is 4.97. The molecule has 0 bridgehead atoms. The van der Waals surface area contributed by atoms with E-state index >= 15 is 0 Å². The maximum atomic E-state index is 10.1. The van der Waals surface area contributed by atoms with Crippen LogP contribution in [0.1, 0.15) is 31.4 Å². The van der Waals surface area contributed by atoms with E-state index in [1.165, 1.54) is 0 Å². The Kier molecular flexibility index (Phi) is 4.83. The maximum Gasteiger partial charge on any atom is 0.127 e. The first kappa shape index (κ1) is 13.9. The van der Waals surface area contributed by atoms with Crippen molar-refractivity contribution in [3.63, 3.8) is 0 Å². The Labute approximate surface area is 118 Å². The zero-order chi connectivity index (χ0) is 13.7. The first-order valence-corrected chi connectivity index (χ1v) is 6.79. The summed E-state index contributed by atoms with van der Waals surface area (Å²) in [4.78, 5) is 0. The largest absolute Gasteiger partial charge is 0.457 e. The van der Waals surface area contributed by atoms with Crippen LogP contribution in [0.5, 0.6) is 11.5 Å². The van der Waals surface area contributed by atoms with Crippen molar-refractivity contribution in [2.24, 2.45) is 0 Å². The van der Waals surface area contributed by atoms with Crippen LogP contribution in [0.2, 0.25) is 5.02 Å². The van der Waals surface area contributed by atoms with E-state index in [1.54, 1.807) is 18.2 Å². The Hall–Kier alpha value is -1.51. The lowest BCUT2D eigenvalue weighted by molar-refractivity contribution is 0.166. The van der Waals surface area contributed by atoms with Gasteiger partial charge in [0.05, 0.1) is 6.10 Å². The van der Waals surface area contributed by atoms with Gasteiger partial charge in [0.1, 0.15) is 11.5 Å². The molecular weight excluding hydrogens is 260 g/mol. The van der Waals surface area contributed by atoms with Gasteiger partial charge in [-0.3, -0.25) is 0 Å². The number of ether oxygens (including phenoxy) is 1. The molecule has 0 amide bonds. The molecule has 0 fully saturated rings. The van der Waals surface area contributed by atoms with E-state index in [1.807, 2.05) is 37.3 Å². The average Bonchev–Trinajstić information content (AvgIpc) is 2.42. The molecule has 2 aromatic carbocycles. The van der Waals surface area contributed by atoms with Gasteiger partial charge in [-0.2, -0.15) is 0 Å². The van der Waals surface area contributed by atoms with Gasteiger partial charge < -0.3 is 9.84 Å². The molecule has 1 unspecified atom stereocenters. The van der Waals surface area contributed by atoms with Gasteiger partial charge in [0, 0.05) is 10.6 Å². The van der Waals surface area contributed by atoms with E-state index in [9.17, 15) is 5.11 Å². The van der Waals surface area contributed by atoms with E-state index in [-0.39, 0.29) is 0 Å². The highest BCUT2D eigenvalue weighted by molar-refractivity contribution is 6.31. The van der Waals surface area contributed by atoms with E-state index in [0.717, 1.165) is 17.7 Å². The van der Waals surface area contributed by atoms with Crippen LogP contribution in [0.4, 0.5) is 0 Å². The van der Waals surface area contributed by atoms with Crippen LogP contribution in [0.15, 0.2) is 48.5 Å². The normalized spacial score (nSPS) is 12.2. The lowest BCUT2D eigenvalue weighted by Crippen LogP contribution is -1.98. The van der Waals surface area contributed by atoms with Crippen molar-refractivity contribution in [3.8, 4) is 11.5 Å². The molecule has 0 saturated heterocycles. The molecule has 1 atom stereocenters. The van der Waals surface area contributed by atoms with E-state index in [0.29, 0.717) is 17.2 Å². The second-order valence-electron chi connectivity index (χ2n) is 4.40. The molecule has 0 aliphatic carbocycles. The first-order valence-electron chi connectivity index (χ1n) is 6.41. The molecule has 0 saturated carbocycles. The number of hydrogen-bond donors (Lipinski definition) is 1. The summed E-state index contributed by atoms with van der Waals surface area (Å²) in [6, 6.07) is 14.9. The highest BCUT2D eigenvalue weighted by Crippen LogP contribution is 2.31. The highest BCUT2D eigenvalue weighted by atomic mass is 35.5. The van der Waals surface area contributed by atoms with Crippen LogP contribution >= 0.6 is 11.6 Å². The maximum absolute atomic E-state index is 10.1. The monoisotopic (exact) mass is 276 g/mol. The number of aliphatic hydroxyl groups excluding tert-OH is 1. The minimum absolute atomic E-state index is 0.545. The van der Waals surface area contributed by atoms with Gasteiger partial charge in [0.2, 0.25) is 0 Å². The number of rotatable bonds is 5. The average molecular weight is 277 g/mol. The molecule has 2 nitrogen and oxygen atoms in total. The molecule has 19 heavy (non-hydrogen) atoms. The van der Waals surface area contributed by atoms with Gasteiger partial charge in [-0.15, -0.1) is 0 Å². The van der Waals surface area contributed by atoms with Gasteiger partial charge in [-0.1, -0.05) is 43.1 Å². The third-order valence-corrected chi connectivity index (χ3v) is 3.21. The molecule has 0 aliphatic rings. The highest BCUT2D eigenvalue weighted by Gasteiger charge is 2.12. The number of halogens is 1. The molecule has 0 heterocycles. The lowest BCUT2D eigenvalue weighted by Gasteiger charge is -2.13. The third-order valence-electron chi connectivity index (χ3n) is 2.87. The Morgan fingerprint density at radius 1 is 1.11 bits per heavy atom. The van der Waals surface area contributed by atoms with E-state index in [2.05, 4.69) is 0 Å². The number of aliphatic hydroxyl groups is 1. The summed E-state index contributed by atoms with van der Waals surface area (Å²) >= 11 is 6.11.